The average molecular weight is 262 g/mol. The van der Waals surface area contributed by atoms with E-state index in [1.54, 1.807) is 31.5 Å². The first-order valence-corrected chi connectivity index (χ1v) is 6.08. The average Bonchev–Trinajstić information content (AvgIpc) is 2.93. The topological polar surface area (TPSA) is 91.7 Å². The number of rotatable bonds is 5. The number of hydrogen-bond donors (Lipinski definition) is 4. The maximum Gasteiger partial charge on any atom is 0.134 e. The predicted octanol–water partition coefficient (Wildman–Crippen LogP) is 1.47. The first-order chi connectivity index (χ1) is 9.15. The number of furan rings is 1. The lowest BCUT2D eigenvalue weighted by Crippen LogP contribution is -2.17. The second kappa shape index (κ2) is 5.77. The van der Waals surface area contributed by atoms with Crippen LogP contribution in [0.15, 0.2) is 34.9 Å². The molecule has 2 rings (SSSR count). The SMILES string of the molecule is CNc1cc(N)cc(-c2ccco2)c1CC(O)CO. The molecule has 2 aromatic rings. The summed E-state index contributed by atoms with van der Waals surface area (Å²) < 4.78 is 5.40. The van der Waals surface area contributed by atoms with Crippen molar-refractivity contribution in [2.75, 3.05) is 24.7 Å². The van der Waals surface area contributed by atoms with Crippen LogP contribution in [0.25, 0.3) is 11.3 Å². The molecule has 0 saturated heterocycles. The van der Waals surface area contributed by atoms with Gasteiger partial charge in [0.15, 0.2) is 0 Å². The molecule has 0 amide bonds. The van der Waals surface area contributed by atoms with Gasteiger partial charge in [0.1, 0.15) is 5.76 Å². The van der Waals surface area contributed by atoms with Crippen LogP contribution in [0.1, 0.15) is 5.56 Å². The molecular formula is C14H18N2O3. The largest absolute Gasteiger partial charge is 0.464 e. The Kier molecular flexibility index (Phi) is 4.09. The molecule has 0 radical (unpaired) electrons. The van der Waals surface area contributed by atoms with Crippen LogP contribution < -0.4 is 11.1 Å². The lowest BCUT2D eigenvalue weighted by Gasteiger charge is -2.17. The summed E-state index contributed by atoms with van der Waals surface area (Å²) in [5.41, 5.74) is 9.00. The van der Waals surface area contributed by atoms with Crippen LogP contribution in [0.5, 0.6) is 0 Å². The highest BCUT2D eigenvalue weighted by atomic mass is 16.3. The zero-order chi connectivity index (χ0) is 13.8. The number of aliphatic hydroxyl groups is 2. The van der Waals surface area contributed by atoms with Crippen molar-refractivity contribution >= 4 is 11.4 Å². The van der Waals surface area contributed by atoms with Crippen molar-refractivity contribution in [2.24, 2.45) is 0 Å². The molecule has 0 fully saturated rings. The van der Waals surface area contributed by atoms with Gasteiger partial charge in [0.2, 0.25) is 0 Å². The third kappa shape index (κ3) is 2.89. The highest BCUT2D eigenvalue weighted by Crippen LogP contribution is 2.33. The number of aliphatic hydroxyl groups excluding tert-OH is 2. The summed E-state index contributed by atoms with van der Waals surface area (Å²) in [5.74, 6) is 0.684. The molecule has 0 aliphatic carbocycles. The third-order valence-corrected chi connectivity index (χ3v) is 2.98. The molecule has 1 unspecified atom stereocenters. The minimum Gasteiger partial charge on any atom is -0.464 e. The number of nitrogens with one attached hydrogen (secondary N) is 1. The van der Waals surface area contributed by atoms with Gasteiger partial charge >= 0.3 is 0 Å². The van der Waals surface area contributed by atoms with Gasteiger partial charge < -0.3 is 25.7 Å². The number of hydrogen-bond acceptors (Lipinski definition) is 5. The van der Waals surface area contributed by atoms with Crippen molar-refractivity contribution in [3.05, 3.63) is 36.1 Å². The minimum atomic E-state index is -0.815. The Hall–Kier alpha value is -1.98. The summed E-state index contributed by atoms with van der Waals surface area (Å²) >= 11 is 0. The Bertz CT molecular complexity index is 538. The van der Waals surface area contributed by atoms with E-state index in [1.807, 2.05) is 6.07 Å². The van der Waals surface area contributed by atoms with Crippen molar-refractivity contribution < 1.29 is 14.6 Å². The second-order valence-corrected chi connectivity index (χ2v) is 4.36. The number of benzene rings is 1. The molecule has 5 nitrogen and oxygen atoms in total. The van der Waals surface area contributed by atoms with Crippen molar-refractivity contribution in [2.45, 2.75) is 12.5 Å². The van der Waals surface area contributed by atoms with Gasteiger partial charge in [-0.25, -0.2) is 0 Å². The molecule has 19 heavy (non-hydrogen) atoms. The fourth-order valence-electron chi connectivity index (χ4n) is 2.09. The van der Waals surface area contributed by atoms with E-state index in [9.17, 15) is 5.11 Å². The second-order valence-electron chi connectivity index (χ2n) is 4.36. The normalized spacial score (nSPS) is 12.4. The van der Waals surface area contributed by atoms with E-state index >= 15 is 0 Å². The van der Waals surface area contributed by atoms with Gasteiger partial charge in [-0.3, -0.25) is 0 Å². The molecule has 1 aromatic carbocycles. The monoisotopic (exact) mass is 262 g/mol. The zero-order valence-corrected chi connectivity index (χ0v) is 10.8. The number of nitrogens with two attached hydrogens (primary N) is 1. The fraction of sp³-hybridized carbons (Fsp3) is 0.286. The van der Waals surface area contributed by atoms with Crippen LogP contribution in [0.2, 0.25) is 0 Å². The summed E-state index contributed by atoms with van der Waals surface area (Å²) in [6.45, 7) is -0.287. The van der Waals surface area contributed by atoms with Crippen molar-refractivity contribution in [3.63, 3.8) is 0 Å². The van der Waals surface area contributed by atoms with Crippen molar-refractivity contribution in [3.8, 4) is 11.3 Å². The summed E-state index contributed by atoms with van der Waals surface area (Å²) in [6, 6.07) is 7.23. The quantitative estimate of drug-likeness (QED) is 0.612. The molecule has 102 valence electrons. The van der Waals surface area contributed by atoms with Gasteiger partial charge in [0.05, 0.1) is 19.0 Å². The molecule has 0 aliphatic rings. The lowest BCUT2D eigenvalue weighted by molar-refractivity contribution is 0.0957. The summed E-state index contributed by atoms with van der Waals surface area (Å²) in [5, 5.41) is 21.8. The van der Waals surface area contributed by atoms with E-state index in [1.165, 1.54) is 0 Å². The number of anilines is 2. The zero-order valence-electron chi connectivity index (χ0n) is 10.8. The van der Waals surface area contributed by atoms with Crippen LogP contribution in [0.3, 0.4) is 0 Å². The van der Waals surface area contributed by atoms with Gasteiger partial charge in [-0.05, 0) is 29.8 Å². The molecule has 1 aromatic heterocycles. The first kappa shape index (κ1) is 13.5. The molecule has 1 atom stereocenters. The first-order valence-electron chi connectivity index (χ1n) is 6.08. The Labute approximate surface area is 111 Å². The summed E-state index contributed by atoms with van der Waals surface area (Å²) in [7, 11) is 1.79. The van der Waals surface area contributed by atoms with Crippen LogP contribution in [-0.4, -0.2) is 30.0 Å². The van der Waals surface area contributed by atoms with Gasteiger partial charge in [-0.15, -0.1) is 0 Å². The highest BCUT2D eigenvalue weighted by molar-refractivity contribution is 5.76. The molecule has 5 N–H and O–H groups in total. The Morgan fingerprint density at radius 3 is 2.79 bits per heavy atom. The molecule has 5 heteroatoms. The van der Waals surface area contributed by atoms with Crippen LogP contribution in [-0.2, 0) is 6.42 Å². The van der Waals surface area contributed by atoms with Gasteiger partial charge in [0, 0.05) is 30.4 Å². The highest BCUT2D eigenvalue weighted by Gasteiger charge is 2.16. The summed E-state index contributed by atoms with van der Waals surface area (Å²) in [6.07, 6.45) is 1.09. The van der Waals surface area contributed by atoms with Crippen molar-refractivity contribution in [1.82, 2.24) is 0 Å². The molecule has 0 aliphatic heterocycles. The molecule has 0 spiro atoms. The Balaban J connectivity index is 2.53. The summed E-state index contributed by atoms with van der Waals surface area (Å²) in [4.78, 5) is 0. The maximum absolute atomic E-state index is 9.68. The third-order valence-electron chi connectivity index (χ3n) is 2.98. The molecule has 1 heterocycles. The lowest BCUT2D eigenvalue weighted by atomic mass is 9.97. The van der Waals surface area contributed by atoms with Crippen LogP contribution >= 0.6 is 0 Å². The van der Waals surface area contributed by atoms with Crippen LogP contribution in [0.4, 0.5) is 11.4 Å². The molecular weight excluding hydrogens is 244 g/mol. The molecule has 0 bridgehead atoms. The minimum absolute atomic E-state index is 0.287. The van der Waals surface area contributed by atoms with E-state index in [-0.39, 0.29) is 6.61 Å². The van der Waals surface area contributed by atoms with Gasteiger partial charge in [-0.1, -0.05) is 0 Å². The van der Waals surface area contributed by atoms with E-state index in [0.29, 0.717) is 17.9 Å². The van der Waals surface area contributed by atoms with Gasteiger partial charge in [-0.2, -0.15) is 0 Å². The molecule has 0 saturated carbocycles. The Morgan fingerprint density at radius 1 is 1.42 bits per heavy atom. The van der Waals surface area contributed by atoms with Crippen LogP contribution in [0, 0.1) is 0 Å². The Morgan fingerprint density at radius 2 is 2.21 bits per heavy atom. The van der Waals surface area contributed by atoms with Gasteiger partial charge in [0.25, 0.3) is 0 Å². The van der Waals surface area contributed by atoms with E-state index < -0.39 is 6.10 Å². The van der Waals surface area contributed by atoms with E-state index in [2.05, 4.69) is 5.32 Å². The smallest absolute Gasteiger partial charge is 0.134 e. The maximum atomic E-state index is 9.68. The van der Waals surface area contributed by atoms with E-state index in [4.69, 9.17) is 15.3 Å². The van der Waals surface area contributed by atoms with Crippen molar-refractivity contribution in [1.29, 1.82) is 0 Å². The van der Waals surface area contributed by atoms with E-state index in [0.717, 1.165) is 16.8 Å². The standard InChI is InChI=1S/C14H18N2O3/c1-16-13-6-9(15)5-12(14-3-2-4-19-14)11(13)7-10(18)8-17/h2-6,10,16-18H,7-8,15H2,1H3. The fourth-order valence-corrected chi connectivity index (χ4v) is 2.09. The number of nitrogen functional groups attached to an aromatic ring is 1. The predicted molar refractivity (Wildman–Crippen MR) is 74.9 cm³/mol.